The summed E-state index contributed by atoms with van der Waals surface area (Å²) in [5.41, 5.74) is 1.34. The largest absolute Gasteiger partial charge is 0.478 e. The van der Waals surface area contributed by atoms with Gasteiger partial charge < -0.3 is 10.0 Å². The van der Waals surface area contributed by atoms with E-state index < -0.39 is 11.8 Å². The Morgan fingerprint density at radius 2 is 2.00 bits per heavy atom. The lowest BCUT2D eigenvalue weighted by atomic mass is 10.1. The van der Waals surface area contributed by atoms with Crippen molar-refractivity contribution >= 4 is 27.6 Å². The lowest BCUT2D eigenvalue weighted by molar-refractivity contribution is 0.0696. The number of rotatable bonds is 4. The van der Waals surface area contributed by atoms with Crippen LogP contribution in [0, 0.1) is 5.82 Å². The lowest BCUT2D eigenvalue weighted by Gasteiger charge is -2.21. The van der Waals surface area contributed by atoms with Crippen molar-refractivity contribution in [3.05, 3.63) is 63.9 Å². The monoisotopic (exact) mass is 337 g/mol. The van der Waals surface area contributed by atoms with Crippen molar-refractivity contribution in [2.24, 2.45) is 0 Å². The fourth-order valence-corrected chi connectivity index (χ4v) is 2.33. The molecule has 2 aromatic carbocycles. The summed E-state index contributed by atoms with van der Waals surface area (Å²) in [5.74, 6) is -1.68. The predicted octanol–water partition coefficient (Wildman–Crippen LogP) is 3.92. The molecule has 0 saturated heterocycles. The average Bonchev–Trinajstić information content (AvgIpc) is 2.41. The van der Waals surface area contributed by atoms with Gasteiger partial charge in [-0.3, -0.25) is 0 Å². The minimum absolute atomic E-state index is 0.0551. The third kappa shape index (κ3) is 3.17. The van der Waals surface area contributed by atoms with Gasteiger partial charge in [-0.2, -0.15) is 0 Å². The first-order valence-electron chi connectivity index (χ1n) is 5.96. The topological polar surface area (TPSA) is 40.5 Å². The Balaban J connectivity index is 2.23. The van der Waals surface area contributed by atoms with Crippen LogP contribution in [0.3, 0.4) is 0 Å². The van der Waals surface area contributed by atoms with Crippen LogP contribution in [0.5, 0.6) is 0 Å². The molecule has 1 N–H and O–H groups in total. The summed E-state index contributed by atoms with van der Waals surface area (Å²) in [7, 11) is 1.76. The van der Waals surface area contributed by atoms with Gasteiger partial charge in [0, 0.05) is 18.1 Å². The molecule has 0 radical (unpaired) electrons. The van der Waals surface area contributed by atoms with Crippen molar-refractivity contribution in [1.29, 1.82) is 0 Å². The van der Waals surface area contributed by atoms with E-state index in [-0.39, 0.29) is 5.56 Å². The Hall–Kier alpha value is -1.88. The second-order valence-electron chi connectivity index (χ2n) is 4.42. The first-order chi connectivity index (χ1) is 9.49. The van der Waals surface area contributed by atoms with Crippen molar-refractivity contribution in [2.45, 2.75) is 6.54 Å². The van der Waals surface area contributed by atoms with E-state index in [1.807, 2.05) is 24.3 Å². The molecule has 20 heavy (non-hydrogen) atoms. The summed E-state index contributed by atoms with van der Waals surface area (Å²) in [6.07, 6.45) is 0. The molecule has 0 aliphatic rings. The average molecular weight is 338 g/mol. The molecule has 0 aliphatic carbocycles. The Bertz CT molecular complexity index is 646. The van der Waals surface area contributed by atoms with Crippen LogP contribution in [0.4, 0.5) is 10.1 Å². The fourth-order valence-electron chi connectivity index (χ4n) is 1.92. The minimum Gasteiger partial charge on any atom is -0.478 e. The second-order valence-corrected chi connectivity index (χ2v) is 5.27. The van der Waals surface area contributed by atoms with Crippen LogP contribution in [-0.4, -0.2) is 18.1 Å². The fraction of sp³-hybridized carbons (Fsp3) is 0.133. The number of benzene rings is 2. The number of hydrogen-bond donors (Lipinski definition) is 1. The standard InChI is InChI=1S/C15H13BrFNO2/c1-18(9-11-4-2-3-5-12(11)16)14-7-6-10(15(19)20)8-13(14)17/h2-8H,9H2,1H3,(H,19,20). The van der Waals surface area contributed by atoms with Gasteiger partial charge in [0.2, 0.25) is 0 Å². The van der Waals surface area contributed by atoms with Crippen LogP contribution < -0.4 is 4.90 Å². The van der Waals surface area contributed by atoms with Gasteiger partial charge in [0.15, 0.2) is 0 Å². The third-order valence-corrected chi connectivity index (χ3v) is 3.74. The van der Waals surface area contributed by atoms with Gasteiger partial charge in [0.1, 0.15) is 5.82 Å². The van der Waals surface area contributed by atoms with Crippen LogP contribution in [0.15, 0.2) is 46.9 Å². The maximum absolute atomic E-state index is 13.9. The van der Waals surface area contributed by atoms with E-state index in [0.717, 1.165) is 16.1 Å². The van der Waals surface area contributed by atoms with Crippen LogP contribution in [0.25, 0.3) is 0 Å². The van der Waals surface area contributed by atoms with E-state index in [9.17, 15) is 9.18 Å². The van der Waals surface area contributed by atoms with Gasteiger partial charge in [0.05, 0.1) is 11.3 Å². The van der Waals surface area contributed by atoms with Crippen molar-refractivity contribution in [1.82, 2.24) is 0 Å². The zero-order valence-electron chi connectivity index (χ0n) is 10.8. The van der Waals surface area contributed by atoms with Gasteiger partial charge in [0.25, 0.3) is 0 Å². The first-order valence-corrected chi connectivity index (χ1v) is 6.75. The number of carboxylic acids is 1. The molecule has 3 nitrogen and oxygen atoms in total. The molecule has 0 bridgehead atoms. The second kappa shape index (κ2) is 6.05. The van der Waals surface area contributed by atoms with E-state index in [1.165, 1.54) is 12.1 Å². The van der Waals surface area contributed by atoms with Crippen LogP contribution in [0.2, 0.25) is 0 Å². The molecule has 0 amide bonds. The van der Waals surface area contributed by atoms with E-state index in [0.29, 0.717) is 12.2 Å². The Labute approximate surface area is 124 Å². The zero-order chi connectivity index (χ0) is 14.7. The van der Waals surface area contributed by atoms with E-state index >= 15 is 0 Å². The van der Waals surface area contributed by atoms with Crippen molar-refractivity contribution < 1.29 is 14.3 Å². The quantitative estimate of drug-likeness (QED) is 0.919. The SMILES string of the molecule is CN(Cc1ccccc1Br)c1ccc(C(=O)O)cc1F. The van der Waals surface area contributed by atoms with E-state index in [4.69, 9.17) is 5.11 Å². The lowest BCUT2D eigenvalue weighted by Crippen LogP contribution is -2.18. The number of aromatic carboxylic acids is 1. The van der Waals surface area contributed by atoms with E-state index in [2.05, 4.69) is 15.9 Å². The molecular formula is C15H13BrFNO2. The number of carbonyl (C=O) groups is 1. The molecular weight excluding hydrogens is 325 g/mol. The molecule has 0 heterocycles. The molecule has 0 saturated carbocycles. The maximum atomic E-state index is 13.9. The zero-order valence-corrected chi connectivity index (χ0v) is 12.4. The van der Waals surface area contributed by atoms with Crippen molar-refractivity contribution in [3.8, 4) is 0 Å². The van der Waals surface area contributed by atoms with Crippen molar-refractivity contribution in [2.75, 3.05) is 11.9 Å². The minimum atomic E-state index is -1.14. The van der Waals surface area contributed by atoms with Crippen LogP contribution >= 0.6 is 15.9 Å². The maximum Gasteiger partial charge on any atom is 0.335 e. The number of nitrogens with zero attached hydrogens (tertiary/aromatic N) is 1. The molecule has 0 fully saturated rings. The molecule has 0 atom stereocenters. The number of hydrogen-bond acceptors (Lipinski definition) is 2. The number of anilines is 1. The third-order valence-electron chi connectivity index (χ3n) is 2.97. The molecule has 0 spiro atoms. The normalized spacial score (nSPS) is 10.3. The van der Waals surface area contributed by atoms with Crippen molar-refractivity contribution in [3.63, 3.8) is 0 Å². The van der Waals surface area contributed by atoms with Crippen LogP contribution in [-0.2, 0) is 6.54 Å². The Morgan fingerprint density at radius 1 is 1.30 bits per heavy atom. The Kier molecular flexibility index (Phi) is 4.39. The number of halogens is 2. The highest BCUT2D eigenvalue weighted by molar-refractivity contribution is 9.10. The molecule has 0 aromatic heterocycles. The highest BCUT2D eigenvalue weighted by atomic mass is 79.9. The molecule has 104 valence electrons. The summed E-state index contributed by atoms with van der Waals surface area (Å²) >= 11 is 3.45. The highest BCUT2D eigenvalue weighted by Crippen LogP contribution is 2.24. The molecule has 2 rings (SSSR count). The first kappa shape index (κ1) is 14.5. The summed E-state index contributed by atoms with van der Waals surface area (Å²) in [6.45, 7) is 0.519. The summed E-state index contributed by atoms with van der Waals surface area (Å²) in [5, 5.41) is 8.82. The molecule has 0 unspecified atom stereocenters. The van der Waals surface area contributed by atoms with Crippen LogP contribution in [0.1, 0.15) is 15.9 Å². The van der Waals surface area contributed by atoms with Gasteiger partial charge in [-0.25, -0.2) is 9.18 Å². The highest BCUT2D eigenvalue weighted by Gasteiger charge is 2.12. The van der Waals surface area contributed by atoms with Gasteiger partial charge >= 0.3 is 5.97 Å². The van der Waals surface area contributed by atoms with Gasteiger partial charge in [-0.15, -0.1) is 0 Å². The molecule has 5 heteroatoms. The van der Waals surface area contributed by atoms with Gasteiger partial charge in [-0.1, -0.05) is 34.1 Å². The molecule has 0 aliphatic heterocycles. The summed E-state index contributed by atoms with van der Waals surface area (Å²) in [4.78, 5) is 12.5. The Morgan fingerprint density at radius 3 is 2.60 bits per heavy atom. The number of carboxylic acid groups (broad SMARTS) is 1. The molecule has 2 aromatic rings. The summed E-state index contributed by atoms with van der Waals surface area (Å²) in [6, 6.07) is 11.6. The van der Waals surface area contributed by atoms with Gasteiger partial charge in [-0.05, 0) is 29.8 Å². The predicted molar refractivity (Wildman–Crippen MR) is 79.6 cm³/mol. The van der Waals surface area contributed by atoms with E-state index in [1.54, 1.807) is 11.9 Å². The summed E-state index contributed by atoms with van der Waals surface area (Å²) < 4.78 is 14.9. The smallest absolute Gasteiger partial charge is 0.335 e.